The first-order valence-corrected chi connectivity index (χ1v) is 6.64. The van der Waals surface area contributed by atoms with E-state index in [1.165, 1.54) is 25.1 Å². The molecule has 0 unspecified atom stereocenters. The molecule has 7 heteroatoms. The summed E-state index contributed by atoms with van der Waals surface area (Å²) >= 11 is 0. The van der Waals surface area contributed by atoms with E-state index in [0.717, 1.165) is 0 Å². The van der Waals surface area contributed by atoms with Gasteiger partial charge in [0.25, 0.3) is 5.69 Å². The molecule has 0 saturated carbocycles. The second kappa shape index (κ2) is 7.98. The van der Waals surface area contributed by atoms with E-state index >= 15 is 0 Å². The second-order valence-electron chi connectivity index (χ2n) is 4.44. The molecule has 0 spiro atoms. The van der Waals surface area contributed by atoms with E-state index in [9.17, 15) is 19.7 Å². The third kappa shape index (κ3) is 5.60. The highest BCUT2D eigenvalue weighted by Gasteiger charge is 2.12. The first-order valence-electron chi connectivity index (χ1n) is 6.64. The maximum atomic E-state index is 11.3. The minimum atomic E-state index is -0.494. The lowest BCUT2D eigenvalue weighted by Crippen LogP contribution is -2.09. The van der Waals surface area contributed by atoms with E-state index in [1.807, 2.05) is 0 Å². The van der Waals surface area contributed by atoms with Gasteiger partial charge in [0, 0.05) is 31.2 Å². The van der Waals surface area contributed by atoms with Gasteiger partial charge in [0.15, 0.2) is 0 Å². The van der Waals surface area contributed by atoms with Crippen molar-refractivity contribution in [3.63, 3.8) is 0 Å². The Morgan fingerprint density at radius 2 is 2.10 bits per heavy atom. The van der Waals surface area contributed by atoms with Crippen molar-refractivity contribution in [2.45, 2.75) is 33.1 Å². The summed E-state index contributed by atoms with van der Waals surface area (Å²) in [6.45, 7) is 3.42. The number of non-ortho nitro benzene ring substituents is 1. The highest BCUT2D eigenvalue weighted by atomic mass is 16.6. The maximum absolute atomic E-state index is 11.3. The van der Waals surface area contributed by atoms with E-state index in [2.05, 4.69) is 5.32 Å². The van der Waals surface area contributed by atoms with E-state index in [0.29, 0.717) is 30.7 Å². The Morgan fingerprint density at radius 3 is 2.67 bits per heavy atom. The highest BCUT2D eigenvalue weighted by Crippen LogP contribution is 2.24. The fourth-order valence-electron chi connectivity index (χ4n) is 1.87. The molecular weight excluding hydrogens is 276 g/mol. The van der Waals surface area contributed by atoms with Gasteiger partial charge in [-0.3, -0.25) is 19.7 Å². The average molecular weight is 294 g/mol. The minimum absolute atomic E-state index is 0.0461. The van der Waals surface area contributed by atoms with Gasteiger partial charge in [0.2, 0.25) is 5.91 Å². The SMILES string of the molecule is CCOC(=O)CCCc1cc([N+](=O)[O-])ccc1NC(C)=O. The van der Waals surface area contributed by atoms with Crippen molar-refractivity contribution >= 4 is 23.3 Å². The average Bonchev–Trinajstić information content (AvgIpc) is 2.40. The van der Waals surface area contributed by atoms with Gasteiger partial charge in [0.05, 0.1) is 11.5 Å². The Bertz CT molecular complexity index is 542. The molecule has 0 aliphatic heterocycles. The van der Waals surface area contributed by atoms with Crippen molar-refractivity contribution in [1.29, 1.82) is 0 Å². The molecule has 0 saturated heterocycles. The van der Waals surface area contributed by atoms with Crippen molar-refractivity contribution in [1.82, 2.24) is 0 Å². The first-order chi connectivity index (χ1) is 9.93. The normalized spacial score (nSPS) is 10.0. The number of nitro benzene ring substituents is 1. The van der Waals surface area contributed by atoms with Gasteiger partial charge in [-0.2, -0.15) is 0 Å². The summed E-state index contributed by atoms with van der Waals surface area (Å²) in [5, 5.41) is 13.4. The highest BCUT2D eigenvalue weighted by molar-refractivity contribution is 5.89. The lowest BCUT2D eigenvalue weighted by atomic mass is 10.0. The van der Waals surface area contributed by atoms with Crippen LogP contribution in [0.1, 0.15) is 32.3 Å². The number of ether oxygens (including phenoxy) is 1. The quantitative estimate of drug-likeness (QED) is 0.473. The summed E-state index contributed by atoms with van der Waals surface area (Å²) in [5.41, 5.74) is 1.11. The molecule has 1 aromatic carbocycles. The monoisotopic (exact) mass is 294 g/mol. The van der Waals surface area contributed by atoms with Crippen LogP contribution in [-0.4, -0.2) is 23.4 Å². The fraction of sp³-hybridized carbons (Fsp3) is 0.429. The number of anilines is 1. The van der Waals surface area contributed by atoms with Crippen molar-refractivity contribution in [2.75, 3.05) is 11.9 Å². The van der Waals surface area contributed by atoms with Gasteiger partial charge < -0.3 is 10.1 Å². The molecule has 0 heterocycles. The summed E-state index contributed by atoms with van der Waals surface area (Å²) in [6, 6.07) is 4.25. The number of amides is 1. The molecule has 1 rings (SSSR count). The number of nitro groups is 1. The topological polar surface area (TPSA) is 98.5 Å². The zero-order valence-corrected chi connectivity index (χ0v) is 12.0. The standard InChI is InChI=1S/C14H18N2O5/c1-3-21-14(18)6-4-5-11-9-12(16(19)20)7-8-13(11)15-10(2)17/h7-9H,3-6H2,1-2H3,(H,15,17). The molecule has 0 fully saturated rings. The van der Waals surface area contributed by atoms with Gasteiger partial charge in [0.1, 0.15) is 0 Å². The van der Waals surface area contributed by atoms with Crippen LogP contribution < -0.4 is 5.32 Å². The van der Waals surface area contributed by atoms with Gasteiger partial charge in [-0.15, -0.1) is 0 Å². The van der Waals surface area contributed by atoms with Crippen LogP contribution in [0.2, 0.25) is 0 Å². The molecule has 0 aliphatic rings. The van der Waals surface area contributed by atoms with E-state index in [4.69, 9.17) is 4.74 Å². The first kappa shape index (κ1) is 16.6. The van der Waals surface area contributed by atoms with E-state index < -0.39 is 4.92 Å². The molecule has 114 valence electrons. The third-order valence-electron chi connectivity index (χ3n) is 2.74. The van der Waals surface area contributed by atoms with Crippen LogP contribution in [0.5, 0.6) is 0 Å². The zero-order valence-electron chi connectivity index (χ0n) is 12.0. The van der Waals surface area contributed by atoms with Crippen molar-refractivity contribution in [2.24, 2.45) is 0 Å². The predicted octanol–water partition coefficient (Wildman–Crippen LogP) is 2.44. The molecule has 0 radical (unpaired) electrons. The Kier molecular flexibility index (Phi) is 6.32. The minimum Gasteiger partial charge on any atom is -0.466 e. The Balaban J connectivity index is 2.80. The van der Waals surface area contributed by atoms with Crippen LogP contribution in [-0.2, 0) is 20.7 Å². The summed E-state index contributed by atoms with van der Waals surface area (Å²) in [6.07, 6.45) is 1.17. The second-order valence-corrected chi connectivity index (χ2v) is 4.44. The predicted molar refractivity (Wildman–Crippen MR) is 77.0 cm³/mol. The van der Waals surface area contributed by atoms with Gasteiger partial charge in [-0.1, -0.05) is 0 Å². The van der Waals surface area contributed by atoms with Crippen LogP contribution in [0.15, 0.2) is 18.2 Å². The van der Waals surface area contributed by atoms with Crippen molar-refractivity contribution in [3.8, 4) is 0 Å². The smallest absolute Gasteiger partial charge is 0.305 e. The molecule has 21 heavy (non-hydrogen) atoms. The molecule has 0 aliphatic carbocycles. The number of benzene rings is 1. The third-order valence-corrected chi connectivity index (χ3v) is 2.74. The summed E-state index contributed by atoms with van der Waals surface area (Å²) < 4.78 is 4.82. The number of hydrogen-bond donors (Lipinski definition) is 1. The van der Waals surface area contributed by atoms with Crippen molar-refractivity contribution < 1.29 is 19.2 Å². The number of aryl methyl sites for hydroxylation is 1. The number of carbonyl (C=O) groups is 2. The Hall–Kier alpha value is -2.44. The zero-order chi connectivity index (χ0) is 15.8. The molecule has 0 bridgehead atoms. The molecule has 1 aromatic rings. The molecule has 0 aromatic heterocycles. The van der Waals surface area contributed by atoms with Gasteiger partial charge in [-0.05, 0) is 31.4 Å². The summed E-state index contributed by atoms with van der Waals surface area (Å²) in [5.74, 6) is -0.556. The molecule has 1 amide bonds. The largest absolute Gasteiger partial charge is 0.466 e. The lowest BCUT2D eigenvalue weighted by Gasteiger charge is -2.09. The molecule has 0 atom stereocenters. The number of nitrogens with one attached hydrogen (secondary N) is 1. The maximum Gasteiger partial charge on any atom is 0.305 e. The molecular formula is C14H18N2O5. The van der Waals surface area contributed by atoms with Crippen LogP contribution in [0.25, 0.3) is 0 Å². The van der Waals surface area contributed by atoms with Crippen LogP contribution in [0.4, 0.5) is 11.4 Å². The Morgan fingerprint density at radius 1 is 1.38 bits per heavy atom. The number of rotatable bonds is 7. The van der Waals surface area contributed by atoms with Crippen molar-refractivity contribution in [3.05, 3.63) is 33.9 Å². The van der Waals surface area contributed by atoms with Crippen LogP contribution >= 0.6 is 0 Å². The van der Waals surface area contributed by atoms with E-state index in [1.54, 1.807) is 6.92 Å². The van der Waals surface area contributed by atoms with Crippen LogP contribution in [0.3, 0.4) is 0 Å². The summed E-state index contributed by atoms with van der Waals surface area (Å²) in [4.78, 5) is 32.7. The molecule has 1 N–H and O–H groups in total. The van der Waals surface area contributed by atoms with Gasteiger partial charge >= 0.3 is 5.97 Å². The van der Waals surface area contributed by atoms with Gasteiger partial charge in [-0.25, -0.2) is 0 Å². The Labute approximate surface area is 122 Å². The molecule has 7 nitrogen and oxygen atoms in total. The summed E-state index contributed by atoms with van der Waals surface area (Å²) in [7, 11) is 0. The fourth-order valence-corrected chi connectivity index (χ4v) is 1.87. The number of carbonyl (C=O) groups excluding carboxylic acids is 2. The number of hydrogen-bond acceptors (Lipinski definition) is 5. The number of esters is 1. The number of nitrogens with zero attached hydrogens (tertiary/aromatic N) is 1. The lowest BCUT2D eigenvalue weighted by molar-refractivity contribution is -0.384. The van der Waals surface area contributed by atoms with Crippen LogP contribution in [0, 0.1) is 10.1 Å². The van der Waals surface area contributed by atoms with E-state index in [-0.39, 0.29) is 24.0 Å².